The van der Waals surface area contributed by atoms with E-state index in [2.05, 4.69) is 52.0 Å². The standard InChI is InChI=1S/C18H30/c1-5-15(6-2)13-17-9-11-18(12-10-17)14-16(7-3)8-4/h9-12,15-16H,5-8,13-14H2,1-4H3. The first-order chi connectivity index (χ1) is 8.73. The Balaban J connectivity index is 2.56. The summed E-state index contributed by atoms with van der Waals surface area (Å²) in [7, 11) is 0. The van der Waals surface area contributed by atoms with E-state index in [1.807, 2.05) is 0 Å². The molecule has 0 fully saturated rings. The molecule has 102 valence electrons. The molecule has 0 nitrogen and oxygen atoms in total. The van der Waals surface area contributed by atoms with Crippen LogP contribution in [0.25, 0.3) is 0 Å². The van der Waals surface area contributed by atoms with E-state index in [4.69, 9.17) is 0 Å². The molecule has 0 radical (unpaired) electrons. The number of hydrogen-bond acceptors (Lipinski definition) is 0. The van der Waals surface area contributed by atoms with Crippen molar-refractivity contribution in [1.82, 2.24) is 0 Å². The maximum atomic E-state index is 2.34. The van der Waals surface area contributed by atoms with Crippen molar-refractivity contribution < 1.29 is 0 Å². The summed E-state index contributed by atoms with van der Waals surface area (Å²) in [5, 5.41) is 0. The highest BCUT2D eigenvalue weighted by molar-refractivity contribution is 5.23. The topological polar surface area (TPSA) is 0 Å². The molecule has 0 heterocycles. The minimum atomic E-state index is 0.856. The first-order valence-corrected chi connectivity index (χ1v) is 7.81. The fourth-order valence-electron chi connectivity index (χ4n) is 2.63. The first-order valence-electron chi connectivity index (χ1n) is 7.81. The van der Waals surface area contributed by atoms with E-state index >= 15 is 0 Å². The molecule has 0 aliphatic heterocycles. The van der Waals surface area contributed by atoms with Gasteiger partial charge < -0.3 is 0 Å². The molecule has 0 spiro atoms. The largest absolute Gasteiger partial charge is 0.0651 e. The lowest BCUT2D eigenvalue weighted by atomic mass is 9.91. The van der Waals surface area contributed by atoms with Crippen LogP contribution < -0.4 is 0 Å². The molecule has 0 aliphatic carbocycles. The molecule has 0 aliphatic rings. The van der Waals surface area contributed by atoms with Crippen LogP contribution in [-0.4, -0.2) is 0 Å². The van der Waals surface area contributed by atoms with Gasteiger partial charge in [-0.15, -0.1) is 0 Å². The van der Waals surface area contributed by atoms with Crippen LogP contribution in [0.4, 0.5) is 0 Å². The van der Waals surface area contributed by atoms with E-state index in [9.17, 15) is 0 Å². The highest BCUT2D eigenvalue weighted by atomic mass is 14.1. The summed E-state index contributed by atoms with van der Waals surface area (Å²) in [5.74, 6) is 1.71. The zero-order chi connectivity index (χ0) is 13.4. The molecule has 1 aromatic rings. The summed E-state index contributed by atoms with van der Waals surface area (Å²) < 4.78 is 0. The van der Waals surface area contributed by atoms with Crippen LogP contribution in [0.3, 0.4) is 0 Å². The van der Waals surface area contributed by atoms with Crippen molar-refractivity contribution >= 4 is 0 Å². The summed E-state index contributed by atoms with van der Waals surface area (Å²) in [6.07, 6.45) is 7.69. The predicted octanol–water partition coefficient (Wildman–Crippen LogP) is 5.64. The molecule has 0 unspecified atom stereocenters. The lowest BCUT2D eigenvalue weighted by Crippen LogP contribution is -2.03. The van der Waals surface area contributed by atoms with Gasteiger partial charge in [0.05, 0.1) is 0 Å². The molecule has 0 atom stereocenters. The summed E-state index contributed by atoms with van der Waals surface area (Å²) in [6, 6.07) is 9.37. The van der Waals surface area contributed by atoms with E-state index < -0.39 is 0 Å². The zero-order valence-electron chi connectivity index (χ0n) is 12.7. The van der Waals surface area contributed by atoms with Gasteiger partial charge in [0.2, 0.25) is 0 Å². The molecule has 0 bridgehead atoms. The SMILES string of the molecule is CCC(CC)Cc1ccc(CC(CC)CC)cc1. The third kappa shape index (κ3) is 4.84. The van der Waals surface area contributed by atoms with Crippen LogP contribution in [0.5, 0.6) is 0 Å². The molecule has 0 heteroatoms. The molecule has 1 aromatic carbocycles. The second-order valence-electron chi connectivity index (χ2n) is 5.59. The van der Waals surface area contributed by atoms with Crippen molar-refractivity contribution in [3.8, 4) is 0 Å². The lowest BCUT2D eigenvalue weighted by Gasteiger charge is -2.14. The third-order valence-corrected chi connectivity index (χ3v) is 4.38. The Morgan fingerprint density at radius 3 is 1.11 bits per heavy atom. The fraction of sp³-hybridized carbons (Fsp3) is 0.667. The van der Waals surface area contributed by atoms with Crippen molar-refractivity contribution in [3.63, 3.8) is 0 Å². The lowest BCUT2D eigenvalue weighted by molar-refractivity contribution is 0.487. The van der Waals surface area contributed by atoms with Crippen LogP contribution in [0.2, 0.25) is 0 Å². The van der Waals surface area contributed by atoms with Crippen molar-refractivity contribution in [2.45, 2.75) is 66.2 Å². The van der Waals surface area contributed by atoms with Crippen molar-refractivity contribution in [2.75, 3.05) is 0 Å². The highest BCUT2D eigenvalue weighted by Gasteiger charge is 2.07. The molecular weight excluding hydrogens is 216 g/mol. The van der Waals surface area contributed by atoms with Gasteiger partial charge in [0.1, 0.15) is 0 Å². The average molecular weight is 246 g/mol. The summed E-state index contributed by atoms with van der Waals surface area (Å²) in [6.45, 7) is 9.20. The fourth-order valence-corrected chi connectivity index (χ4v) is 2.63. The van der Waals surface area contributed by atoms with Crippen molar-refractivity contribution in [1.29, 1.82) is 0 Å². The Labute approximate surface area is 114 Å². The van der Waals surface area contributed by atoms with Gasteiger partial charge in [-0.2, -0.15) is 0 Å². The smallest absolute Gasteiger partial charge is 0.0251 e. The van der Waals surface area contributed by atoms with Crippen LogP contribution in [0, 0.1) is 11.8 Å². The molecule has 0 amide bonds. The van der Waals surface area contributed by atoms with E-state index in [0.717, 1.165) is 11.8 Å². The summed E-state index contributed by atoms with van der Waals surface area (Å²) >= 11 is 0. The van der Waals surface area contributed by atoms with Gasteiger partial charge in [-0.05, 0) is 35.8 Å². The second kappa shape index (κ2) is 8.34. The maximum Gasteiger partial charge on any atom is -0.0251 e. The number of rotatable bonds is 8. The molecule has 0 saturated carbocycles. The molecule has 0 aromatic heterocycles. The Hall–Kier alpha value is -0.780. The Morgan fingerprint density at radius 1 is 0.611 bits per heavy atom. The second-order valence-corrected chi connectivity index (χ2v) is 5.59. The van der Waals surface area contributed by atoms with Crippen LogP contribution in [0.15, 0.2) is 24.3 Å². The maximum absolute atomic E-state index is 2.34. The monoisotopic (exact) mass is 246 g/mol. The number of benzene rings is 1. The highest BCUT2D eigenvalue weighted by Crippen LogP contribution is 2.19. The molecule has 0 N–H and O–H groups in total. The van der Waals surface area contributed by atoms with E-state index in [1.54, 1.807) is 0 Å². The van der Waals surface area contributed by atoms with Gasteiger partial charge in [0.25, 0.3) is 0 Å². The van der Waals surface area contributed by atoms with Gasteiger partial charge in [-0.25, -0.2) is 0 Å². The Morgan fingerprint density at radius 2 is 0.889 bits per heavy atom. The average Bonchev–Trinajstić information content (AvgIpc) is 2.43. The van der Waals surface area contributed by atoms with E-state index in [-0.39, 0.29) is 0 Å². The van der Waals surface area contributed by atoms with E-state index in [1.165, 1.54) is 49.7 Å². The van der Waals surface area contributed by atoms with E-state index in [0.29, 0.717) is 0 Å². The molecule has 1 rings (SSSR count). The van der Waals surface area contributed by atoms with Crippen LogP contribution >= 0.6 is 0 Å². The molecule has 0 saturated heterocycles. The van der Waals surface area contributed by atoms with Gasteiger partial charge in [0, 0.05) is 0 Å². The Bertz CT molecular complexity index is 268. The first kappa shape index (κ1) is 15.3. The quantitative estimate of drug-likeness (QED) is 0.556. The van der Waals surface area contributed by atoms with Crippen LogP contribution in [0.1, 0.15) is 64.5 Å². The van der Waals surface area contributed by atoms with Crippen molar-refractivity contribution in [2.24, 2.45) is 11.8 Å². The third-order valence-electron chi connectivity index (χ3n) is 4.38. The summed E-state index contributed by atoms with van der Waals surface area (Å²) in [4.78, 5) is 0. The van der Waals surface area contributed by atoms with Gasteiger partial charge in [-0.1, -0.05) is 77.6 Å². The molecule has 18 heavy (non-hydrogen) atoms. The van der Waals surface area contributed by atoms with Crippen molar-refractivity contribution in [3.05, 3.63) is 35.4 Å². The predicted molar refractivity (Wildman–Crippen MR) is 82.0 cm³/mol. The summed E-state index contributed by atoms with van der Waals surface area (Å²) in [5.41, 5.74) is 3.02. The van der Waals surface area contributed by atoms with Gasteiger partial charge in [0.15, 0.2) is 0 Å². The normalized spacial score (nSPS) is 11.4. The minimum absolute atomic E-state index is 0.856. The number of hydrogen-bond donors (Lipinski definition) is 0. The van der Waals surface area contributed by atoms with Gasteiger partial charge in [-0.3, -0.25) is 0 Å². The zero-order valence-corrected chi connectivity index (χ0v) is 12.7. The van der Waals surface area contributed by atoms with Crippen LogP contribution in [-0.2, 0) is 12.8 Å². The van der Waals surface area contributed by atoms with Gasteiger partial charge >= 0.3 is 0 Å². The minimum Gasteiger partial charge on any atom is -0.0651 e. The Kier molecular flexibility index (Phi) is 7.08. The molecular formula is C18H30.